The first-order valence-electron chi connectivity index (χ1n) is 5.83. The fourth-order valence-corrected chi connectivity index (χ4v) is 3.24. The van der Waals surface area contributed by atoms with Crippen LogP contribution in [0.2, 0.25) is 0 Å². The molecule has 1 aliphatic carbocycles. The maximum Gasteiger partial charge on any atom is 0.318 e. The van der Waals surface area contributed by atoms with Crippen LogP contribution in [0.5, 0.6) is 0 Å². The van der Waals surface area contributed by atoms with Gasteiger partial charge in [0.25, 0.3) is 0 Å². The maximum atomic E-state index is 12.0. The number of carbonyl (C=O) groups excluding carboxylic acids is 2. The molecule has 0 radical (unpaired) electrons. The third kappa shape index (κ3) is 1.10. The first-order chi connectivity index (χ1) is 7.63. The lowest BCUT2D eigenvalue weighted by Gasteiger charge is -2.41. The second kappa shape index (κ2) is 3.09. The van der Waals surface area contributed by atoms with Crippen molar-refractivity contribution in [2.45, 2.75) is 38.7 Å². The molecule has 1 spiro atoms. The summed E-state index contributed by atoms with van der Waals surface area (Å²) in [6.45, 7) is 2.30. The molecule has 0 saturated carbocycles. The van der Waals surface area contributed by atoms with Gasteiger partial charge in [0.1, 0.15) is 11.5 Å². The number of fused-ring (bicyclic) bond motifs is 1. The zero-order valence-corrected chi connectivity index (χ0v) is 9.36. The fraction of sp³-hybridized carbons (Fsp3) is 0.667. The largest absolute Gasteiger partial charge is 0.461 e. The molecule has 3 rings (SSSR count). The molecule has 0 N–H and O–H groups in total. The molecule has 0 aromatic rings. The Balaban J connectivity index is 2.06. The van der Waals surface area contributed by atoms with E-state index < -0.39 is 5.41 Å². The lowest BCUT2D eigenvalue weighted by atomic mass is 9.71. The summed E-state index contributed by atoms with van der Waals surface area (Å²) in [7, 11) is 0. The van der Waals surface area contributed by atoms with Gasteiger partial charge in [-0.25, -0.2) is 0 Å². The van der Waals surface area contributed by atoms with Crippen molar-refractivity contribution in [2.24, 2.45) is 5.41 Å². The van der Waals surface area contributed by atoms with E-state index in [1.165, 1.54) is 0 Å². The predicted octanol–water partition coefficient (Wildman–Crippen LogP) is 1.22. The van der Waals surface area contributed by atoms with Gasteiger partial charge in [-0.1, -0.05) is 6.08 Å². The van der Waals surface area contributed by atoms with Gasteiger partial charge in [-0.3, -0.25) is 9.59 Å². The second-order valence-corrected chi connectivity index (χ2v) is 4.91. The molecule has 3 aliphatic rings. The Bertz CT molecular complexity index is 401. The molecule has 2 aliphatic heterocycles. The van der Waals surface area contributed by atoms with Crippen molar-refractivity contribution in [2.75, 3.05) is 6.54 Å². The number of esters is 1. The van der Waals surface area contributed by atoms with E-state index in [2.05, 4.69) is 0 Å². The number of likely N-dealkylation sites (tertiary alicyclic amines) is 1. The summed E-state index contributed by atoms with van der Waals surface area (Å²) in [6.07, 6.45) is 5.31. The van der Waals surface area contributed by atoms with E-state index >= 15 is 0 Å². The minimum atomic E-state index is -0.493. The van der Waals surface area contributed by atoms with Gasteiger partial charge in [0.15, 0.2) is 0 Å². The van der Waals surface area contributed by atoms with Gasteiger partial charge < -0.3 is 9.64 Å². The molecule has 4 heteroatoms. The number of hydrogen-bond donors (Lipinski definition) is 0. The van der Waals surface area contributed by atoms with Crippen molar-refractivity contribution in [3.63, 3.8) is 0 Å². The highest BCUT2D eigenvalue weighted by atomic mass is 16.6. The summed E-state index contributed by atoms with van der Waals surface area (Å²) in [6, 6.07) is 0. The van der Waals surface area contributed by atoms with Crippen LogP contribution in [0.4, 0.5) is 0 Å². The predicted molar refractivity (Wildman–Crippen MR) is 56.3 cm³/mol. The van der Waals surface area contributed by atoms with Crippen LogP contribution in [0.15, 0.2) is 11.8 Å². The van der Waals surface area contributed by atoms with E-state index in [9.17, 15) is 9.59 Å². The molecular weight excluding hydrogens is 206 g/mol. The highest BCUT2D eigenvalue weighted by Crippen LogP contribution is 2.51. The molecule has 16 heavy (non-hydrogen) atoms. The SMILES string of the molecule is CC(=O)N1CCC[C@@]23C[C@@H](CC=C12)OC3=O. The van der Waals surface area contributed by atoms with Gasteiger partial charge in [-0.15, -0.1) is 0 Å². The standard InChI is InChI=1S/C12H15NO3/c1-8(14)13-6-2-5-12-7-9(16-11(12)15)3-4-10(12)13/h4,9H,2-3,5-7H2,1H3/t9-,12-/m1/s1. The van der Waals surface area contributed by atoms with Crippen LogP contribution in [0.25, 0.3) is 0 Å². The molecular formula is C12H15NO3. The third-order valence-corrected chi connectivity index (χ3v) is 3.96. The summed E-state index contributed by atoms with van der Waals surface area (Å²) < 4.78 is 5.34. The zero-order chi connectivity index (χ0) is 11.3. The van der Waals surface area contributed by atoms with E-state index in [4.69, 9.17) is 4.74 Å². The molecule has 2 fully saturated rings. The van der Waals surface area contributed by atoms with Gasteiger partial charge in [-0.2, -0.15) is 0 Å². The maximum absolute atomic E-state index is 12.0. The monoisotopic (exact) mass is 221 g/mol. The van der Waals surface area contributed by atoms with E-state index in [1.807, 2.05) is 6.08 Å². The molecule has 1 amide bonds. The average Bonchev–Trinajstić information content (AvgIpc) is 2.48. The fourth-order valence-electron chi connectivity index (χ4n) is 3.24. The number of rotatable bonds is 0. The second-order valence-electron chi connectivity index (χ2n) is 4.91. The van der Waals surface area contributed by atoms with Crippen molar-refractivity contribution in [1.82, 2.24) is 4.90 Å². The van der Waals surface area contributed by atoms with Crippen LogP contribution >= 0.6 is 0 Å². The number of hydrogen-bond acceptors (Lipinski definition) is 3. The minimum Gasteiger partial charge on any atom is -0.461 e. The third-order valence-electron chi connectivity index (χ3n) is 3.96. The van der Waals surface area contributed by atoms with Gasteiger partial charge >= 0.3 is 5.97 Å². The summed E-state index contributed by atoms with van der Waals surface area (Å²) in [5, 5.41) is 0. The topological polar surface area (TPSA) is 46.6 Å². The number of piperidine rings is 1. The van der Waals surface area contributed by atoms with Crippen molar-refractivity contribution in [3.8, 4) is 0 Å². The molecule has 2 bridgehead atoms. The van der Waals surface area contributed by atoms with Gasteiger partial charge in [-0.05, 0) is 12.8 Å². The molecule has 0 unspecified atom stereocenters. The van der Waals surface area contributed by atoms with E-state index in [0.717, 1.165) is 37.9 Å². The lowest BCUT2D eigenvalue weighted by molar-refractivity contribution is -0.148. The normalized spacial score (nSPS) is 36.6. The van der Waals surface area contributed by atoms with E-state index in [1.54, 1.807) is 11.8 Å². The quantitative estimate of drug-likeness (QED) is 0.578. The van der Waals surface area contributed by atoms with Crippen molar-refractivity contribution >= 4 is 11.9 Å². The molecule has 2 saturated heterocycles. The van der Waals surface area contributed by atoms with E-state index in [0.29, 0.717) is 0 Å². The van der Waals surface area contributed by atoms with Crippen LogP contribution in [-0.4, -0.2) is 29.4 Å². The van der Waals surface area contributed by atoms with Crippen molar-refractivity contribution < 1.29 is 14.3 Å². The molecule has 4 nitrogen and oxygen atoms in total. The molecule has 86 valence electrons. The molecule has 2 atom stereocenters. The first-order valence-corrected chi connectivity index (χ1v) is 5.83. The van der Waals surface area contributed by atoms with Crippen molar-refractivity contribution in [3.05, 3.63) is 11.8 Å². The van der Waals surface area contributed by atoms with Crippen LogP contribution < -0.4 is 0 Å². The lowest BCUT2D eigenvalue weighted by Crippen LogP contribution is -2.46. The Labute approximate surface area is 94.2 Å². The Hall–Kier alpha value is -1.32. The Morgan fingerprint density at radius 1 is 1.62 bits per heavy atom. The van der Waals surface area contributed by atoms with Crippen LogP contribution in [-0.2, 0) is 14.3 Å². The Morgan fingerprint density at radius 3 is 3.19 bits per heavy atom. The number of nitrogens with zero attached hydrogens (tertiary/aromatic N) is 1. The Morgan fingerprint density at radius 2 is 2.44 bits per heavy atom. The van der Waals surface area contributed by atoms with Gasteiger partial charge in [0.2, 0.25) is 5.91 Å². The minimum absolute atomic E-state index is 0.0310. The zero-order valence-electron chi connectivity index (χ0n) is 9.36. The highest BCUT2D eigenvalue weighted by molar-refractivity contribution is 5.86. The molecule has 0 aromatic carbocycles. The Kier molecular flexibility index (Phi) is 1.91. The highest BCUT2D eigenvalue weighted by Gasteiger charge is 2.56. The summed E-state index contributed by atoms with van der Waals surface area (Å²) in [5.74, 6) is -0.0873. The summed E-state index contributed by atoms with van der Waals surface area (Å²) >= 11 is 0. The summed E-state index contributed by atoms with van der Waals surface area (Å²) in [5.41, 5.74) is 0.414. The summed E-state index contributed by atoms with van der Waals surface area (Å²) in [4.78, 5) is 25.3. The van der Waals surface area contributed by atoms with Crippen LogP contribution in [0, 0.1) is 5.41 Å². The van der Waals surface area contributed by atoms with Crippen LogP contribution in [0.3, 0.4) is 0 Å². The number of ether oxygens (including phenoxy) is 1. The molecule has 2 heterocycles. The smallest absolute Gasteiger partial charge is 0.318 e. The van der Waals surface area contributed by atoms with Gasteiger partial charge in [0.05, 0.1) is 0 Å². The van der Waals surface area contributed by atoms with E-state index in [-0.39, 0.29) is 18.0 Å². The average molecular weight is 221 g/mol. The molecule has 0 aromatic heterocycles. The number of amides is 1. The number of carbonyl (C=O) groups is 2. The first kappa shape index (κ1) is 9.87. The van der Waals surface area contributed by atoms with Crippen LogP contribution in [0.1, 0.15) is 32.6 Å². The van der Waals surface area contributed by atoms with Crippen molar-refractivity contribution in [1.29, 1.82) is 0 Å². The van der Waals surface area contributed by atoms with Gasteiger partial charge in [0, 0.05) is 32.0 Å².